The Morgan fingerprint density at radius 2 is 1.43 bits per heavy atom. The average Bonchev–Trinajstić information content (AvgIpc) is 3.11. The number of alkyl halides is 3. The van der Waals surface area contributed by atoms with Crippen molar-refractivity contribution in [1.29, 1.82) is 0 Å². The van der Waals surface area contributed by atoms with Gasteiger partial charge in [-0.05, 0) is 88.8 Å². The molecule has 0 N–H and O–H groups in total. The summed E-state index contributed by atoms with van der Waals surface area (Å²) >= 11 is 0. The van der Waals surface area contributed by atoms with Gasteiger partial charge in [0.05, 0.1) is 17.3 Å². The van der Waals surface area contributed by atoms with Gasteiger partial charge in [-0.25, -0.2) is 17.2 Å². The van der Waals surface area contributed by atoms with E-state index in [-0.39, 0.29) is 28.6 Å². The van der Waals surface area contributed by atoms with Crippen molar-refractivity contribution in [1.82, 2.24) is 19.7 Å². The fraction of sp³-hybridized carbons (Fsp3) is 0.605. The Morgan fingerprint density at radius 1 is 0.830 bits per heavy atom. The first-order valence-electron chi connectivity index (χ1n) is 18.7. The maximum Gasteiger partial charge on any atom is 0.573 e. The van der Waals surface area contributed by atoms with Gasteiger partial charge in [-0.15, -0.1) is 13.2 Å². The third-order valence-corrected chi connectivity index (χ3v) is 12.6. The minimum atomic E-state index is -4.99. The molecule has 4 heterocycles. The zero-order valence-electron chi connectivity index (χ0n) is 30.8. The molecule has 53 heavy (non-hydrogen) atoms. The molecule has 6 rings (SSSR count). The molecule has 3 aliphatic rings. The first kappa shape index (κ1) is 39.4. The van der Waals surface area contributed by atoms with Gasteiger partial charge in [-0.1, -0.05) is 20.8 Å². The number of piperidine rings is 2. The van der Waals surface area contributed by atoms with Gasteiger partial charge in [-0.3, -0.25) is 14.8 Å². The van der Waals surface area contributed by atoms with Gasteiger partial charge in [0.15, 0.2) is 11.6 Å². The van der Waals surface area contributed by atoms with E-state index in [1.54, 1.807) is 6.92 Å². The Hall–Kier alpha value is -3.27. The van der Waals surface area contributed by atoms with Gasteiger partial charge in [0.1, 0.15) is 21.4 Å². The number of hydrogen-bond acceptors (Lipinski definition) is 9. The van der Waals surface area contributed by atoms with Gasteiger partial charge in [-0.2, -0.15) is 0 Å². The maximum absolute atomic E-state index is 15.7. The van der Waals surface area contributed by atoms with Crippen LogP contribution < -0.4 is 14.4 Å². The number of hydrogen-bond donors (Lipinski definition) is 0. The van der Waals surface area contributed by atoms with Gasteiger partial charge in [0.25, 0.3) is 0 Å². The number of likely N-dealkylation sites (tertiary alicyclic amines) is 1. The number of piperazine rings is 1. The van der Waals surface area contributed by atoms with E-state index in [2.05, 4.69) is 31.3 Å². The molecule has 0 bridgehead atoms. The van der Waals surface area contributed by atoms with Crippen LogP contribution in [-0.4, -0.2) is 112 Å². The largest absolute Gasteiger partial charge is 0.573 e. The van der Waals surface area contributed by atoms with E-state index < -0.39 is 55.2 Å². The number of pyridine rings is 1. The second-order valence-electron chi connectivity index (χ2n) is 14.9. The summed E-state index contributed by atoms with van der Waals surface area (Å²) < 4.78 is 109. The van der Waals surface area contributed by atoms with Crippen LogP contribution >= 0.6 is 0 Å². The molecule has 1 unspecified atom stereocenters. The summed E-state index contributed by atoms with van der Waals surface area (Å²) in [6, 6.07) is 5.69. The quantitative estimate of drug-likeness (QED) is 0.190. The zero-order valence-corrected chi connectivity index (χ0v) is 31.7. The first-order chi connectivity index (χ1) is 25.1. The van der Waals surface area contributed by atoms with Gasteiger partial charge in [0, 0.05) is 69.0 Å². The van der Waals surface area contributed by atoms with E-state index in [9.17, 15) is 21.6 Å². The second-order valence-corrected chi connectivity index (χ2v) is 16.8. The first-order valence-corrected chi connectivity index (χ1v) is 20.2. The third-order valence-electron chi connectivity index (χ3n) is 10.9. The smallest absolute Gasteiger partial charge is 0.488 e. The molecule has 3 saturated heterocycles. The molecule has 9 nitrogen and oxygen atoms in total. The number of nitrogens with zero attached hydrogens (tertiary/aromatic N) is 5. The van der Waals surface area contributed by atoms with E-state index in [4.69, 9.17) is 4.74 Å². The van der Waals surface area contributed by atoms with Crippen LogP contribution in [0, 0.1) is 17.6 Å². The lowest BCUT2D eigenvalue weighted by molar-refractivity contribution is -0.274. The predicted octanol–water partition coefficient (Wildman–Crippen LogP) is 7.13. The lowest BCUT2D eigenvalue weighted by Gasteiger charge is -2.46. The second kappa shape index (κ2) is 16.2. The SMILES string of the molecule is CCN1CCC(N2CCN(C3CCN(c4c(S(=O)(=O)c5cc(F)c(OC(C)CC(C)C)cc5F)cnc5ccc(OC(F)(F)F)cc45)CC3)CC2)CC1. The van der Waals surface area contributed by atoms with Crippen molar-refractivity contribution in [2.75, 3.05) is 63.8 Å². The molecular formula is C38H50F5N5O4S. The van der Waals surface area contributed by atoms with Gasteiger partial charge in [0.2, 0.25) is 9.84 Å². The summed E-state index contributed by atoms with van der Waals surface area (Å²) in [5.74, 6) is -3.00. The molecule has 3 fully saturated rings. The van der Waals surface area contributed by atoms with Crippen molar-refractivity contribution in [2.24, 2.45) is 5.92 Å². The van der Waals surface area contributed by atoms with Crippen LogP contribution in [0.25, 0.3) is 10.9 Å². The summed E-state index contributed by atoms with van der Waals surface area (Å²) in [5, 5.41) is 0.0948. The number of ether oxygens (including phenoxy) is 2. The molecule has 3 aliphatic heterocycles. The lowest BCUT2D eigenvalue weighted by Crippen LogP contribution is -2.56. The molecule has 0 radical (unpaired) electrons. The minimum Gasteiger partial charge on any atom is -0.488 e. The molecule has 15 heteroatoms. The Balaban J connectivity index is 1.26. The highest BCUT2D eigenvalue weighted by Gasteiger charge is 2.36. The molecule has 0 amide bonds. The van der Waals surface area contributed by atoms with E-state index >= 15 is 8.78 Å². The summed E-state index contributed by atoms with van der Waals surface area (Å²) in [4.78, 5) is 12.3. The molecule has 1 aromatic heterocycles. The number of benzene rings is 2. The highest BCUT2D eigenvalue weighted by molar-refractivity contribution is 7.91. The highest BCUT2D eigenvalue weighted by atomic mass is 32.2. The zero-order chi connectivity index (χ0) is 38.1. The van der Waals surface area contributed by atoms with Gasteiger partial charge < -0.3 is 19.3 Å². The minimum absolute atomic E-state index is 0.0787. The van der Waals surface area contributed by atoms with E-state index in [1.165, 1.54) is 18.9 Å². The molecule has 0 saturated carbocycles. The summed E-state index contributed by atoms with van der Waals surface area (Å²) in [7, 11) is -4.79. The molecule has 0 spiro atoms. The Bertz CT molecular complexity index is 1840. The van der Waals surface area contributed by atoms with Crippen LogP contribution in [0.3, 0.4) is 0 Å². The van der Waals surface area contributed by atoms with E-state index in [0.29, 0.717) is 44.5 Å². The Kier molecular flexibility index (Phi) is 12.1. The molecule has 1 atom stereocenters. The van der Waals surface area contributed by atoms with Crippen molar-refractivity contribution in [2.45, 2.75) is 94.1 Å². The Labute approximate surface area is 308 Å². The standard InChI is InChI=1S/C38H50F5N5O4S/c1-5-45-12-8-27(9-13-45)46-16-18-47(19-17-46)28-10-14-48(15-11-28)37-30-21-29(52-38(41,42)43)6-7-33(30)44-24-36(37)53(49,50)35-23-31(39)34(22-32(35)40)51-26(4)20-25(2)3/h6-7,21-28H,5,8-20H2,1-4H3. The topological polar surface area (TPSA) is 78.5 Å². The predicted molar refractivity (Wildman–Crippen MR) is 193 cm³/mol. The fourth-order valence-corrected chi connectivity index (χ4v) is 9.73. The summed E-state index contributed by atoms with van der Waals surface area (Å²) in [5.41, 5.74) is 0.307. The van der Waals surface area contributed by atoms with E-state index in [1.807, 2.05) is 18.7 Å². The van der Waals surface area contributed by atoms with Crippen molar-refractivity contribution in [3.8, 4) is 11.5 Å². The Morgan fingerprint density at radius 3 is 2.00 bits per heavy atom. The molecule has 0 aliphatic carbocycles. The highest BCUT2D eigenvalue weighted by Crippen LogP contribution is 2.41. The maximum atomic E-state index is 15.7. The molecule has 2 aromatic carbocycles. The third kappa shape index (κ3) is 9.17. The van der Waals surface area contributed by atoms with Crippen molar-refractivity contribution >= 4 is 26.4 Å². The molecule has 3 aromatic rings. The monoisotopic (exact) mass is 767 g/mol. The molecular weight excluding hydrogens is 718 g/mol. The number of sulfone groups is 1. The van der Waals surface area contributed by atoms with Crippen molar-refractivity contribution in [3.05, 3.63) is 48.2 Å². The average molecular weight is 768 g/mol. The van der Waals surface area contributed by atoms with Crippen molar-refractivity contribution in [3.63, 3.8) is 0 Å². The van der Waals surface area contributed by atoms with Crippen LogP contribution in [0.15, 0.2) is 46.3 Å². The number of rotatable bonds is 11. The van der Waals surface area contributed by atoms with Crippen molar-refractivity contribution < 1.29 is 39.8 Å². The van der Waals surface area contributed by atoms with Crippen LogP contribution in [0.1, 0.15) is 59.8 Å². The number of anilines is 1. The summed E-state index contributed by atoms with van der Waals surface area (Å²) in [6.45, 7) is 15.8. The summed E-state index contributed by atoms with van der Waals surface area (Å²) in [6.07, 6.45) is -0.0821. The molecule has 292 valence electrons. The number of halogens is 5. The van der Waals surface area contributed by atoms with Gasteiger partial charge >= 0.3 is 6.36 Å². The lowest BCUT2D eigenvalue weighted by atomic mass is 9.99. The number of aromatic nitrogens is 1. The fourth-order valence-electron chi connectivity index (χ4n) is 8.24. The van der Waals surface area contributed by atoms with Crippen LogP contribution in [0.4, 0.5) is 27.6 Å². The number of fused-ring (bicyclic) bond motifs is 1. The van der Waals surface area contributed by atoms with E-state index in [0.717, 1.165) is 70.2 Å². The normalized spacial score (nSPS) is 20.0. The van der Waals surface area contributed by atoms with Crippen LogP contribution in [0.2, 0.25) is 0 Å². The van der Waals surface area contributed by atoms with Crippen LogP contribution in [-0.2, 0) is 9.84 Å². The van der Waals surface area contributed by atoms with Crippen LogP contribution in [0.5, 0.6) is 11.5 Å².